The maximum atomic E-state index is 12.5. The van der Waals surface area contributed by atoms with E-state index in [4.69, 9.17) is 5.73 Å². The van der Waals surface area contributed by atoms with Crippen LogP contribution < -0.4 is 11.1 Å². The fourth-order valence-electron chi connectivity index (χ4n) is 3.76. The number of nitrogens with two attached hydrogens (primary N) is 1. The standard InChI is InChI=1S/C17H31N3O2.ClH/c18-11-10-16(21)19-13-15-7-3-4-12-20(15)17(22)9-8-14-5-1-2-6-14;/h14-15H,1-13,18H2,(H,19,21);1H. The molecule has 1 saturated carbocycles. The highest BCUT2D eigenvalue weighted by Gasteiger charge is 2.27. The van der Waals surface area contributed by atoms with Crippen molar-refractivity contribution in [1.29, 1.82) is 0 Å². The van der Waals surface area contributed by atoms with Crippen molar-refractivity contribution in [1.82, 2.24) is 10.2 Å². The number of carbonyl (C=O) groups is 2. The van der Waals surface area contributed by atoms with Gasteiger partial charge >= 0.3 is 0 Å². The summed E-state index contributed by atoms with van der Waals surface area (Å²) in [6.45, 7) is 1.80. The van der Waals surface area contributed by atoms with Crippen LogP contribution in [-0.4, -0.2) is 42.4 Å². The average Bonchev–Trinajstić information content (AvgIpc) is 3.04. The Hall–Kier alpha value is -0.810. The van der Waals surface area contributed by atoms with Gasteiger partial charge in [-0.2, -0.15) is 0 Å². The highest BCUT2D eigenvalue weighted by atomic mass is 35.5. The molecule has 0 aromatic rings. The Morgan fingerprint density at radius 3 is 2.43 bits per heavy atom. The normalized spacial score (nSPS) is 21.8. The molecule has 1 unspecified atom stereocenters. The molecule has 2 fully saturated rings. The summed E-state index contributed by atoms with van der Waals surface area (Å²) in [5.74, 6) is 1.03. The molecule has 1 saturated heterocycles. The van der Waals surface area contributed by atoms with E-state index in [0.29, 0.717) is 25.9 Å². The average molecular weight is 346 g/mol. The summed E-state index contributed by atoms with van der Waals surface area (Å²) in [4.78, 5) is 26.1. The molecular weight excluding hydrogens is 314 g/mol. The second kappa shape index (κ2) is 10.9. The lowest BCUT2D eigenvalue weighted by Gasteiger charge is -2.36. The molecule has 0 spiro atoms. The molecule has 0 aromatic heterocycles. The van der Waals surface area contributed by atoms with Crippen LogP contribution in [-0.2, 0) is 9.59 Å². The molecule has 1 heterocycles. The van der Waals surface area contributed by atoms with Gasteiger partial charge in [0.05, 0.1) is 0 Å². The minimum absolute atomic E-state index is 0. The third-order valence-corrected chi connectivity index (χ3v) is 5.09. The summed E-state index contributed by atoms with van der Waals surface area (Å²) in [7, 11) is 0. The number of hydrogen-bond acceptors (Lipinski definition) is 3. The molecule has 2 amide bonds. The lowest BCUT2D eigenvalue weighted by Crippen LogP contribution is -2.49. The van der Waals surface area contributed by atoms with Crippen molar-refractivity contribution in [3.8, 4) is 0 Å². The Labute approximate surface area is 146 Å². The van der Waals surface area contributed by atoms with Crippen LogP contribution >= 0.6 is 12.4 Å². The SMILES string of the molecule is Cl.NCCC(=O)NCC1CCCCN1C(=O)CCC1CCCC1. The molecule has 23 heavy (non-hydrogen) atoms. The van der Waals surface area contributed by atoms with E-state index in [9.17, 15) is 9.59 Å². The molecule has 1 aliphatic carbocycles. The van der Waals surface area contributed by atoms with E-state index >= 15 is 0 Å². The monoisotopic (exact) mass is 345 g/mol. The summed E-state index contributed by atoms with van der Waals surface area (Å²) < 4.78 is 0. The fraction of sp³-hybridized carbons (Fsp3) is 0.882. The van der Waals surface area contributed by atoms with Crippen molar-refractivity contribution in [2.75, 3.05) is 19.6 Å². The zero-order valence-corrected chi connectivity index (χ0v) is 14.9. The van der Waals surface area contributed by atoms with Gasteiger partial charge in [0.2, 0.25) is 11.8 Å². The van der Waals surface area contributed by atoms with Gasteiger partial charge in [0, 0.05) is 38.5 Å². The first-order chi connectivity index (χ1) is 10.7. The first kappa shape index (κ1) is 20.2. The first-order valence-electron chi connectivity index (χ1n) is 8.97. The van der Waals surface area contributed by atoms with Crippen molar-refractivity contribution < 1.29 is 9.59 Å². The summed E-state index contributed by atoms with van der Waals surface area (Å²) in [5.41, 5.74) is 5.39. The number of amides is 2. The maximum absolute atomic E-state index is 12.5. The molecule has 134 valence electrons. The van der Waals surface area contributed by atoms with Crippen LogP contribution in [0.3, 0.4) is 0 Å². The van der Waals surface area contributed by atoms with Gasteiger partial charge in [0.25, 0.3) is 0 Å². The minimum Gasteiger partial charge on any atom is -0.354 e. The molecule has 5 nitrogen and oxygen atoms in total. The quantitative estimate of drug-likeness (QED) is 0.743. The van der Waals surface area contributed by atoms with E-state index in [1.54, 1.807) is 0 Å². The summed E-state index contributed by atoms with van der Waals surface area (Å²) in [5, 5.41) is 2.92. The molecule has 0 bridgehead atoms. The van der Waals surface area contributed by atoms with Crippen LogP contribution in [0, 0.1) is 5.92 Å². The lowest BCUT2D eigenvalue weighted by molar-refractivity contribution is -0.135. The zero-order valence-electron chi connectivity index (χ0n) is 14.1. The Bertz CT molecular complexity index is 373. The van der Waals surface area contributed by atoms with Gasteiger partial charge in [-0.05, 0) is 31.6 Å². The third-order valence-electron chi connectivity index (χ3n) is 5.09. The highest BCUT2D eigenvalue weighted by molar-refractivity contribution is 5.85. The molecular formula is C17H32ClN3O2. The first-order valence-corrected chi connectivity index (χ1v) is 8.97. The van der Waals surface area contributed by atoms with E-state index in [0.717, 1.165) is 38.1 Å². The highest BCUT2D eigenvalue weighted by Crippen LogP contribution is 2.29. The maximum Gasteiger partial charge on any atom is 0.222 e. The second-order valence-electron chi connectivity index (χ2n) is 6.77. The fourth-order valence-corrected chi connectivity index (χ4v) is 3.76. The Morgan fingerprint density at radius 1 is 1.04 bits per heavy atom. The number of piperidine rings is 1. The number of likely N-dealkylation sites (tertiary alicyclic amines) is 1. The van der Waals surface area contributed by atoms with Gasteiger partial charge in [-0.15, -0.1) is 12.4 Å². The number of hydrogen-bond donors (Lipinski definition) is 2. The van der Waals surface area contributed by atoms with E-state index in [2.05, 4.69) is 5.32 Å². The van der Waals surface area contributed by atoms with Crippen LogP contribution in [0.4, 0.5) is 0 Å². The number of nitrogens with one attached hydrogen (secondary N) is 1. The number of nitrogens with zero attached hydrogens (tertiary/aromatic N) is 1. The summed E-state index contributed by atoms with van der Waals surface area (Å²) in [6, 6.07) is 0.173. The van der Waals surface area contributed by atoms with Gasteiger partial charge in [-0.3, -0.25) is 9.59 Å². The van der Waals surface area contributed by atoms with Gasteiger partial charge in [-0.25, -0.2) is 0 Å². The third kappa shape index (κ3) is 6.68. The lowest BCUT2D eigenvalue weighted by atomic mass is 9.98. The number of halogens is 1. The van der Waals surface area contributed by atoms with Crippen LogP contribution in [0.15, 0.2) is 0 Å². The number of carbonyl (C=O) groups excluding carboxylic acids is 2. The summed E-state index contributed by atoms with van der Waals surface area (Å²) in [6.07, 6.45) is 10.6. The molecule has 1 aliphatic heterocycles. The Morgan fingerprint density at radius 2 is 1.74 bits per heavy atom. The number of rotatable bonds is 7. The van der Waals surface area contributed by atoms with Gasteiger partial charge in [0.1, 0.15) is 0 Å². The molecule has 1 atom stereocenters. The van der Waals surface area contributed by atoms with Gasteiger partial charge < -0.3 is 16.0 Å². The van der Waals surface area contributed by atoms with Crippen molar-refractivity contribution in [2.45, 2.75) is 70.3 Å². The van der Waals surface area contributed by atoms with Crippen molar-refractivity contribution >= 4 is 24.2 Å². The molecule has 0 aromatic carbocycles. The van der Waals surface area contributed by atoms with Gasteiger partial charge in [0.15, 0.2) is 0 Å². The molecule has 0 radical (unpaired) electrons. The largest absolute Gasteiger partial charge is 0.354 e. The van der Waals surface area contributed by atoms with E-state index in [1.807, 2.05) is 4.90 Å². The van der Waals surface area contributed by atoms with Crippen molar-refractivity contribution in [2.24, 2.45) is 11.7 Å². The van der Waals surface area contributed by atoms with Crippen LogP contribution in [0.25, 0.3) is 0 Å². The Balaban J connectivity index is 0.00000264. The molecule has 2 rings (SSSR count). The zero-order chi connectivity index (χ0) is 15.8. The molecule has 6 heteroatoms. The Kier molecular flexibility index (Phi) is 9.56. The van der Waals surface area contributed by atoms with Crippen molar-refractivity contribution in [3.63, 3.8) is 0 Å². The smallest absolute Gasteiger partial charge is 0.222 e. The van der Waals surface area contributed by atoms with Gasteiger partial charge in [-0.1, -0.05) is 25.7 Å². The van der Waals surface area contributed by atoms with Crippen LogP contribution in [0.5, 0.6) is 0 Å². The van der Waals surface area contributed by atoms with E-state index < -0.39 is 0 Å². The molecule has 3 N–H and O–H groups in total. The predicted octanol–water partition coefficient (Wildman–Crippen LogP) is 2.22. The summed E-state index contributed by atoms with van der Waals surface area (Å²) >= 11 is 0. The predicted molar refractivity (Wildman–Crippen MR) is 94.5 cm³/mol. The van der Waals surface area contributed by atoms with Crippen LogP contribution in [0.1, 0.15) is 64.2 Å². The molecule has 2 aliphatic rings. The minimum atomic E-state index is -0.00794. The second-order valence-corrected chi connectivity index (χ2v) is 6.77. The van der Waals surface area contributed by atoms with E-state index in [1.165, 1.54) is 25.7 Å². The van der Waals surface area contributed by atoms with E-state index in [-0.39, 0.29) is 30.3 Å². The van der Waals surface area contributed by atoms with Crippen molar-refractivity contribution in [3.05, 3.63) is 0 Å². The topological polar surface area (TPSA) is 75.4 Å². The van der Waals surface area contributed by atoms with Crippen LogP contribution in [0.2, 0.25) is 0 Å².